The number of hydrogen-bond acceptors (Lipinski definition) is 3. The van der Waals surface area contributed by atoms with Crippen molar-refractivity contribution in [1.82, 2.24) is 0 Å². The highest BCUT2D eigenvalue weighted by Gasteiger charge is 2.26. The Morgan fingerprint density at radius 1 is 1.00 bits per heavy atom. The quantitative estimate of drug-likeness (QED) is 0.829. The molecule has 2 aromatic carbocycles. The average molecular weight is 283 g/mol. The van der Waals surface area contributed by atoms with Crippen LogP contribution in [0.25, 0.3) is 0 Å². The maximum atomic E-state index is 11.7. The second kappa shape index (κ2) is 7.60. The van der Waals surface area contributed by atoms with E-state index in [1.54, 1.807) is 0 Å². The molecule has 0 aliphatic rings. The van der Waals surface area contributed by atoms with E-state index in [0.717, 1.165) is 0 Å². The van der Waals surface area contributed by atoms with Crippen LogP contribution in [-0.4, -0.2) is 19.6 Å². The molecular weight excluding hydrogens is 262 g/mol. The fourth-order valence-electron chi connectivity index (χ4n) is 2.69. The summed E-state index contributed by atoms with van der Waals surface area (Å²) in [7, 11) is 1.41. The van der Waals surface area contributed by atoms with Gasteiger partial charge in [0.05, 0.1) is 13.5 Å². The summed E-state index contributed by atoms with van der Waals surface area (Å²) in [5.41, 5.74) is 8.28. The van der Waals surface area contributed by atoms with E-state index < -0.39 is 0 Å². The molecule has 0 fully saturated rings. The van der Waals surface area contributed by atoms with Crippen molar-refractivity contribution in [3.63, 3.8) is 0 Å². The van der Waals surface area contributed by atoms with Crippen LogP contribution in [0.15, 0.2) is 60.7 Å². The lowest BCUT2D eigenvalue weighted by atomic mass is 9.79. The van der Waals surface area contributed by atoms with Crippen LogP contribution < -0.4 is 5.73 Å². The monoisotopic (exact) mass is 283 g/mol. The molecule has 1 unspecified atom stereocenters. The minimum atomic E-state index is -0.220. The Kier molecular flexibility index (Phi) is 5.52. The van der Waals surface area contributed by atoms with Crippen LogP contribution in [0.2, 0.25) is 0 Å². The van der Waals surface area contributed by atoms with E-state index in [1.165, 1.54) is 18.2 Å². The second-order valence-corrected chi connectivity index (χ2v) is 5.08. The third kappa shape index (κ3) is 3.92. The first-order chi connectivity index (χ1) is 10.3. The van der Waals surface area contributed by atoms with Gasteiger partial charge in [0.15, 0.2) is 0 Å². The van der Waals surface area contributed by atoms with Crippen molar-refractivity contribution in [1.29, 1.82) is 0 Å². The van der Waals surface area contributed by atoms with Crippen molar-refractivity contribution in [3.8, 4) is 0 Å². The molecule has 3 heteroatoms. The van der Waals surface area contributed by atoms with E-state index in [9.17, 15) is 4.79 Å². The Hall–Kier alpha value is -2.13. The number of methoxy groups -OCH3 is 1. The predicted molar refractivity (Wildman–Crippen MR) is 83.9 cm³/mol. The van der Waals surface area contributed by atoms with Gasteiger partial charge >= 0.3 is 5.97 Å². The largest absolute Gasteiger partial charge is 0.469 e. The number of ether oxygens (including phenoxy) is 1. The molecule has 0 amide bonds. The Balaban J connectivity index is 2.38. The van der Waals surface area contributed by atoms with Crippen LogP contribution in [0.1, 0.15) is 23.5 Å². The molecule has 21 heavy (non-hydrogen) atoms. The highest BCUT2D eigenvalue weighted by Crippen LogP contribution is 2.33. The molecule has 2 rings (SSSR count). The van der Waals surface area contributed by atoms with Gasteiger partial charge in [-0.2, -0.15) is 0 Å². The van der Waals surface area contributed by atoms with Crippen molar-refractivity contribution in [3.05, 3.63) is 71.8 Å². The summed E-state index contributed by atoms with van der Waals surface area (Å²) in [5, 5.41) is 0. The lowest BCUT2D eigenvalue weighted by Gasteiger charge is -2.26. The van der Waals surface area contributed by atoms with Gasteiger partial charge in [-0.25, -0.2) is 0 Å². The number of esters is 1. The molecule has 110 valence electrons. The van der Waals surface area contributed by atoms with E-state index in [4.69, 9.17) is 10.5 Å². The third-order valence-corrected chi connectivity index (χ3v) is 3.75. The van der Waals surface area contributed by atoms with Crippen LogP contribution in [0.4, 0.5) is 0 Å². The first-order valence-electron chi connectivity index (χ1n) is 7.13. The van der Waals surface area contributed by atoms with E-state index in [1.807, 2.05) is 36.4 Å². The Labute approximate surface area is 125 Å². The number of benzene rings is 2. The number of nitrogens with two attached hydrogens (primary N) is 1. The van der Waals surface area contributed by atoms with Gasteiger partial charge in [-0.3, -0.25) is 4.79 Å². The zero-order valence-electron chi connectivity index (χ0n) is 12.2. The maximum absolute atomic E-state index is 11.7. The Morgan fingerprint density at radius 2 is 1.48 bits per heavy atom. The molecular formula is C18H21NO2. The number of hydrogen-bond donors (Lipinski definition) is 1. The molecule has 3 nitrogen and oxygen atoms in total. The normalized spacial score (nSPS) is 12.1. The average Bonchev–Trinajstić information content (AvgIpc) is 2.56. The predicted octanol–water partition coefficient (Wildman–Crippen LogP) is 2.96. The fourth-order valence-corrected chi connectivity index (χ4v) is 2.69. The lowest BCUT2D eigenvalue weighted by molar-refractivity contribution is -0.141. The molecule has 0 saturated carbocycles. The van der Waals surface area contributed by atoms with Crippen molar-refractivity contribution >= 4 is 5.97 Å². The van der Waals surface area contributed by atoms with E-state index in [-0.39, 0.29) is 17.8 Å². The summed E-state index contributed by atoms with van der Waals surface area (Å²) >= 11 is 0. The van der Waals surface area contributed by atoms with Crippen LogP contribution in [0.3, 0.4) is 0 Å². The molecule has 0 aliphatic carbocycles. The topological polar surface area (TPSA) is 52.3 Å². The number of carbonyl (C=O) groups excluding carboxylic acids is 1. The van der Waals surface area contributed by atoms with Crippen molar-refractivity contribution in [2.45, 2.75) is 12.3 Å². The number of carbonyl (C=O) groups is 1. The summed E-state index contributed by atoms with van der Waals surface area (Å²) in [6.07, 6.45) is 0.321. The lowest BCUT2D eigenvalue weighted by Crippen LogP contribution is -2.26. The molecule has 2 aromatic rings. The fraction of sp³-hybridized carbons (Fsp3) is 0.278. The second-order valence-electron chi connectivity index (χ2n) is 5.08. The van der Waals surface area contributed by atoms with Gasteiger partial charge < -0.3 is 10.5 Å². The van der Waals surface area contributed by atoms with E-state index >= 15 is 0 Å². The van der Waals surface area contributed by atoms with E-state index in [2.05, 4.69) is 24.3 Å². The molecule has 0 aliphatic heterocycles. The zero-order valence-corrected chi connectivity index (χ0v) is 12.2. The Bertz CT molecular complexity index is 514. The van der Waals surface area contributed by atoms with Crippen molar-refractivity contribution in [2.24, 2.45) is 11.7 Å². The van der Waals surface area contributed by atoms with Gasteiger partial charge in [0, 0.05) is 5.92 Å². The molecule has 0 radical (unpaired) electrons. The summed E-state index contributed by atoms with van der Waals surface area (Å²) < 4.78 is 4.81. The minimum absolute atomic E-state index is 0.0160. The molecule has 0 bridgehead atoms. The maximum Gasteiger partial charge on any atom is 0.305 e. The van der Waals surface area contributed by atoms with Crippen molar-refractivity contribution in [2.75, 3.05) is 13.7 Å². The van der Waals surface area contributed by atoms with Crippen LogP contribution in [0.5, 0.6) is 0 Å². The van der Waals surface area contributed by atoms with Crippen LogP contribution >= 0.6 is 0 Å². The molecule has 2 N–H and O–H groups in total. The summed E-state index contributed by atoms with van der Waals surface area (Å²) in [5.74, 6) is -0.110. The molecule has 0 saturated heterocycles. The first kappa shape index (κ1) is 15.3. The first-order valence-corrected chi connectivity index (χ1v) is 7.13. The van der Waals surface area contributed by atoms with Gasteiger partial charge in [-0.15, -0.1) is 0 Å². The minimum Gasteiger partial charge on any atom is -0.469 e. The van der Waals surface area contributed by atoms with Gasteiger partial charge in [0.2, 0.25) is 0 Å². The molecule has 0 aromatic heterocycles. The van der Waals surface area contributed by atoms with Gasteiger partial charge in [-0.1, -0.05) is 60.7 Å². The van der Waals surface area contributed by atoms with E-state index in [0.29, 0.717) is 13.0 Å². The van der Waals surface area contributed by atoms with Crippen molar-refractivity contribution < 1.29 is 9.53 Å². The molecule has 0 heterocycles. The standard InChI is InChI=1S/C18H21NO2/c1-21-17(20)12-16(13-19)18(14-8-4-2-5-9-14)15-10-6-3-7-11-15/h2-11,16,18H,12-13,19H2,1H3. The molecule has 0 spiro atoms. The van der Waals surface area contributed by atoms with Gasteiger partial charge in [0.25, 0.3) is 0 Å². The van der Waals surface area contributed by atoms with Crippen LogP contribution in [-0.2, 0) is 9.53 Å². The van der Waals surface area contributed by atoms with Crippen LogP contribution in [0, 0.1) is 5.92 Å². The molecule has 1 atom stereocenters. The SMILES string of the molecule is COC(=O)CC(CN)C(c1ccccc1)c1ccccc1. The summed E-state index contributed by atoms with van der Waals surface area (Å²) in [4.78, 5) is 11.7. The van der Waals surface area contributed by atoms with Gasteiger partial charge in [0.1, 0.15) is 0 Å². The smallest absolute Gasteiger partial charge is 0.305 e. The third-order valence-electron chi connectivity index (χ3n) is 3.75. The summed E-state index contributed by atoms with van der Waals surface area (Å²) in [6, 6.07) is 20.3. The zero-order chi connectivity index (χ0) is 15.1. The van der Waals surface area contributed by atoms with Gasteiger partial charge in [-0.05, 0) is 23.6 Å². The highest BCUT2D eigenvalue weighted by atomic mass is 16.5. The number of rotatable bonds is 6. The summed E-state index contributed by atoms with van der Waals surface area (Å²) in [6.45, 7) is 0.434. The Morgan fingerprint density at radius 3 is 1.86 bits per heavy atom. The highest BCUT2D eigenvalue weighted by molar-refractivity contribution is 5.69.